The van der Waals surface area contributed by atoms with E-state index in [1.54, 1.807) is 0 Å². The van der Waals surface area contributed by atoms with E-state index >= 15 is 0 Å². The summed E-state index contributed by atoms with van der Waals surface area (Å²) in [6.07, 6.45) is 6.72. The first-order chi connectivity index (χ1) is 6.83. The highest BCUT2D eigenvalue weighted by molar-refractivity contribution is 9.09. The van der Waals surface area contributed by atoms with Crippen molar-refractivity contribution in [2.45, 2.75) is 38.9 Å². The summed E-state index contributed by atoms with van der Waals surface area (Å²) in [6.45, 7) is 3.75. The standard InChI is InChI=1S/C11H19BrO2/c1-10(9-12)5-4-8-14-11-6-2-3-7-13-11/h5,11H,2-4,6-9H2,1H3/b10-5-. The van der Waals surface area contributed by atoms with Gasteiger partial charge in [0.15, 0.2) is 6.29 Å². The molecular formula is C11H19BrO2. The third kappa shape index (κ3) is 5.13. The molecule has 82 valence electrons. The van der Waals surface area contributed by atoms with Crippen molar-refractivity contribution < 1.29 is 9.47 Å². The smallest absolute Gasteiger partial charge is 0.157 e. The minimum atomic E-state index is 0.0569. The number of allylic oxidation sites excluding steroid dienone is 1. The summed E-state index contributed by atoms with van der Waals surface area (Å²) in [5.74, 6) is 0. The lowest BCUT2D eigenvalue weighted by Crippen LogP contribution is -2.22. The summed E-state index contributed by atoms with van der Waals surface area (Å²) in [6, 6.07) is 0. The van der Waals surface area contributed by atoms with Crippen molar-refractivity contribution in [2.24, 2.45) is 0 Å². The number of halogens is 1. The molecule has 2 nitrogen and oxygen atoms in total. The van der Waals surface area contributed by atoms with Gasteiger partial charge >= 0.3 is 0 Å². The Hall–Kier alpha value is 0.140. The van der Waals surface area contributed by atoms with Gasteiger partial charge in [-0.05, 0) is 32.6 Å². The van der Waals surface area contributed by atoms with Crippen molar-refractivity contribution in [2.75, 3.05) is 18.5 Å². The van der Waals surface area contributed by atoms with Crippen molar-refractivity contribution in [1.29, 1.82) is 0 Å². The maximum absolute atomic E-state index is 5.60. The van der Waals surface area contributed by atoms with E-state index in [1.165, 1.54) is 18.4 Å². The number of hydrogen-bond donors (Lipinski definition) is 0. The van der Waals surface area contributed by atoms with Crippen molar-refractivity contribution >= 4 is 15.9 Å². The lowest BCUT2D eigenvalue weighted by molar-refractivity contribution is -0.161. The summed E-state index contributed by atoms with van der Waals surface area (Å²) in [5.41, 5.74) is 1.36. The lowest BCUT2D eigenvalue weighted by Gasteiger charge is -2.22. The number of alkyl halides is 1. The van der Waals surface area contributed by atoms with Crippen LogP contribution in [0.3, 0.4) is 0 Å². The van der Waals surface area contributed by atoms with E-state index in [0.29, 0.717) is 0 Å². The predicted octanol–water partition coefficient (Wildman–Crippen LogP) is 3.26. The van der Waals surface area contributed by atoms with Crippen LogP contribution in [0.2, 0.25) is 0 Å². The second-order valence-electron chi connectivity index (χ2n) is 3.64. The molecule has 1 aliphatic heterocycles. The minimum absolute atomic E-state index is 0.0569. The normalized spacial score (nSPS) is 23.9. The Kier molecular flexibility index (Phi) is 6.48. The molecular weight excluding hydrogens is 244 g/mol. The molecule has 0 aromatic carbocycles. The molecule has 1 atom stereocenters. The third-order valence-corrected chi connectivity index (χ3v) is 3.15. The maximum Gasteiger partial charge on any atom is 0.157 e. The molecule has 1 fully saturated rings. The fraction of sp³-hybridized carbons (Fsp3) is 0.818. The molecule has 1 heterocycles. The predicted molar refractivity (Wildman–Crippen MR) is 61.7 cm³/mol. The van der Waals surface area contributed by atoms with E-state index in [9.17, 15) is 0 Å². The van der Waals surface area contributed by atoms with Crippen LogP contribution in [-0.4, -0.2) is 24.8 Å². The van der Waals surface area contributed by atoms with Crippen molar-refractivity contribution in [3.63, 3.8) is 0 Å². The van der Waals surface area contributed by atoms with E-state index in [4.69, 9.17) is 9.47 Å². The zero-order chi connectivity index (χ0) is 10.2. The third-order valence-electron chi connectivity index (χ3n) is 2.26. The number of ether oxygens (including phenoxy) is 2. The first kappa shape index (κ1) is 12.2. The molecule has 0 aromatic rings. The van der Waals surface area contributed by atoms with Crippen LogP contribution < -0.4 is 0 Å². The van der Waals surface area contributed by atoms with Gasteiger partial charge in [-0.3, -0.25) is 0 Å². The zero-order valence-corrected chi connectivity index (χ0v) is 10.4. The zero-order valence-electron chi connectivity index (χ0n) is 8.80. The second-order valence-corrected chi connectivity index (χ2v) is 4.20. The highest BCUT2D eigenvalue weighted by Crippen LogP contribution is 2.13. The first-order valence-corrected chi connectivity index (χ1v) is 6.40. The Morgan fingerprint density at radius 2 is 2.43 bits per heavy atom. The Labute approximate surface area is 94.8 Å². The van der Waals surface area contributed by atoms with Crippen molar-refractivity contribution in [3.05, 3.63) is 11.6 Å². The second kappa shape index (κ2) is 7.43. The van der Waals surface area contributed by atoms with Gasteiger partial charge in [-0.15, -0.1) is 0 Å². The Bertz CT molecular complexity index is 174. The SMILES string of the molecule is C/C(=C/CCOC1CCCCO1)CBr. The topological polar surface area (TPSA) is 18.5 Å². The summed E-state index contributed by atoms with van der Waals surface area (Å²) in [5, 5.41) is 0.951. The van der Waals surface area contributed by atoms with Crippen LogP contribution in [0.4, 0.5) is 0 Å². The van der Waals surface area contributed by atoms with E-state index < -0.39 is 0 Å². The number of hydrogen-bond acceptors (Lipinski definition) is 2. The van der Waals surface area contributed by atoms with Crippen LogP contribution in [0.25, 0.3) is 0 Å². The van der Waals surface area contributed by atoms with Gasteiger partial charge in [0.2, 0.25) is 0 Å². The van der Waals surface area contributed by atoms with E-state index in [-0.39, 0.29) is 6.29 Å². The van der Waals surface area contributed by atoms with E-state index in [0.717, 1.165) is 31.4 Å². The maximum atomic E-state index is 5.60. The van der Waals surface area contributed by atoms with Crippen LogP contribution in [0.1, 0.15) is 32.6 Å². The molecule has 0 aromatic heterocycles. The fourth-order valence-electron chi connectivity index (χ4n) is 1.40. The molecule has 1 aliphatic rings. The molecule has 1 rings (SSSR count). The molecule has 0 radical (unpaired) electrons. The number of rotatable bonds is 5. The van der Waals surface area contributed by atoms with Crippen LogP contribution in [0.15, 0.2) is 11.6 Å². The van der Waals surface area contributed by atoms with Crippen LogP contribution in [0.5, 0.6) is 0 Å². The molecule has 3 heteroatoms. The van der Waals surface area contributed by atoms with Gasteiger partial charge in [-0.2, -0.15) is 0 Å². The summed E-state index contributed by atoms with van der Waals surface area (Å²) in [7, 11) is 0. The minimum Gasteiger partial charge on any atom is -0.353 e. The van der Waals surface area contributed by atoms with Crippen molar-refractivity contribution in [1.82, 2.24) is 0 Å². The highest BCUT2D eigenvalue weighted by atomic mass is 79.9. The summed E-state index contributed by atoms with van der Waals surface area (Å²) in [4.78, 5) is 0. The first-order valence-electron chi connectivity index (χ1n) is 5.27. The molecule has 0 saturated carbocycles. The molecule has 0 spiro atoms. The van der Waals surface area contributed by atoms with Gasteiger partial charge in [0.25, 0.3) is 0 Å². The van der Waals surface area contributed by atoms with Crippen LogP contribution >= 0.6 is 15.9 Å². The van der Waals surface area contributed by atoms with Gasteiger partial charge in [-0.25, -0.2) is 0 Å². The fourth-order valence-corrected chi connectivity index (χ4v) is 1.63. The van der Waals surface area contributed by atoms with E-state index in [1.807, 2.05) is 0 Å². The van der Waals surface area contributed by atoms with Crippen LogP contribution in [-0.2, 0) is 9.47 Å². The van der Waals surface area contributed by atoms with Gasteiger partial charge in [0, 0.05) is 11.9 Å². The molecule has 0 amide bonds. The van der Waals surface area contributed by atoms with Gasteiger partial charge in [0.05, 0.1) is 6.61 Å². The van der Waals surface area contributed by atoms with Gasteiger partial charge in [-0.1, -0.05) is 27.6 Å². The summed E-state index contributed by atoms with van der Waals surface area (Å²) < 4.78 is 11.1. The average molecular weight is 263 g/mol. The van der Waals surface area contributed by atoms with E-state index in [2.05, 4.69) is 28.9 Å². The molecule has 0 N–H and O–H groups in total. The highest BCUT2D eigenvalue weighted by Gasteiger charge is 2.12. The Morgan fingerprint density at radius 1 is 1.57 bits per heavy atom. The average Bonchev–Trinajstić information content (AvgIpc) is 2.25. The molecule has 14 heavy (non-hydrogen) atoms. The molecule has 1 saturated heterocycles. The van der Waals surface area contributed by atoms with Crippen molar-refractivity contribution in [3.8, 4) is 0 Å². The van der Waals surface area contributed by atoms with Gasteiger partial charge in [0.1, 0.15) is 0 Å². The molecule has 0 aliphatic carbocycles. The van der Waals surface area contributed by atoms with Gasteiger partial charge < -0.3 is 9.47 Å². The largest absolute Gasteiger partial charge is 0.353 e. The monoisotopic (exact) mass is 262 g/mol. The molecule has 0 bridgehead atoms. The summed E-state index contributed by atoms with van der Waals surface area (Å²) >= 11 is 3.41. The lowest BCUT2D eigenvalue weighted by atomic mass is 10.2. The Balaban J connectivity index is 2.02. The Morgan fingerprint density at radius 3 is 3.07 bits per heavy atom. The van der Waals surface area contributed by atoms with Crippen LogP contribution in [0, 0.1) is 0 Å². The quantitative estimate of drug-likeness (QED) is 0.430. The molecule has 1 unspecified atom stereocenters.